The van der Waals surface area contributed by atoms with Gasteiger partial charge in [-0.2, -0.15) is 0 Å². The number of carbonyl (C=O) groups is 1. The zero-order valence-electron chi connectivity index (χ0n) is 22.0. The topological polar surface area (TPSA) is 78.2 Å². The Morgan fingerprint density at radius 1 is 0.921 bits per heavy atom. The lowest BCUT2D eigenvalue weighted by molar-refractivity contribution is 0.0714. The first-order valence-corrected chi connectivity index (χ1v) is 12.7. The lowest BCUT2D eigenvalue weighted by Crippen LogP contribution is -2.29. The summed E-state index contributed by atoms with van der Waals surface area (Å²) < 4.78 is 22.9. The van der Waals surface area contributed by atoms with Gasteiger partial charge in [-0.25, -0.2) is 0 Å². The number of carbonyl (C=O) groups excluding carboxylic acids is 1. The summed E-state index contributed by atoms with van der Waals surface area (Å²) in [5, 5.41) is 0.441. The molecular formula is C31H31NO6. The molecule has 0 aliphatic carbocycles. The summed E-state index contributed by atoms with van der Waals surface area (Å²) in [5.74, 6) is 2.14. The molecule has 3 aromatic carbocycles. The number of hydrogen-bond donors (Lipinski definition) is 0. The highest BCUT2D eigenvalue weighted by atomic mass is 16.5. The lowest BCUT2D eigenvalue weighted by atomic mass is 9.97. The van der Waals surface area contributed by atoms with Crippen molar-refractivity contribution in [2.75, 3.05) is 20.8 Å². The van der Waals surface area contributed by atoms with Crippen LogP contribution in [-0.4, -0.2) is 31.6 Å². The Morgan fingerprint density at radius 3 is 2.39 bits per heavy atom. The minimum Gasteiger partial charge on any atom is -0.497 e. The maximum Gasteiger partial charge on any atom is 0.291 e. The van der Waals surface area contributed by atoms with Gasteiger partial charge in [-0.1, -0.05) is 44.2 Å². The molecule has 7 heteroatoms. The van der Waals surface area contributed by atoms with Crippen molar-refractivity contribution in [3.63, 3.8) is 0 Å². The van der Waals surface area contributed by atoms with E-state index in [0.29, 0.717) is 40.6 Å². The molecule has 0 bridgehead atoms. The molecule has 7 nitrogen and oxygen atoms in total. The second kappa shape index (κ2) is 10.6. The molecule has 0 radical (unpaired) electrons. The summed E-state index contributed by atoms with van der Waals surface area (Å²) in [5.41, 5.74) is 2.14. The Morgan fingerprint density at radius 2 is 1.68 bits per heavy atom. The molecule has 0 spiro atoms. The second-order valence-corrected chi connectivity index (χ2v) is 9.80. The number of benzene rings is 3. The van der Waals surface area contributed by atoms with Crippen LogP contribution >= 0.6 is 0 Å². The second-order valence-electron chi connectivity index (χ2n) is 9.80. The molecule has 1 aromatic heterocycles. The number of ether oxygens (including phenoxy) is 3. The molecule has 0 N–H and O–H groups in total. The number of nitrogens with zero attached hydrogens (tertiary/aromatic N) is 1. The van der Waals surface area contributed by atoms with Crippen molar-refractivity contribution in [1.29, 1.82) is 0 Å². The molecule has 4 aromatic rings. The maximum absolute atomic E-state index is 13.7. The largest absolute Gasteiger partial charge is 0.497 e. The average Bonchev–Trinajstić information content (AvgIpc) is 3.20. The van der Waals surface area contributed by atoms with E-state index in [1.54, 1.807) is 43.4 Å². The highest BCUT2D eigenvalue weighted by molar-refractivity contribution is 5.99. The number of rotatable bonds is 9. The van der Waals surface area contributed by atoms with Crippen molar-refractivity contribution in [1.82, 2.24) is 4.90 Å². The van der Waals surface area contributed by atoms with Gasteiger partial charge in [0.15, 0.2) is 16.9 Å². The van der Waals surface area contributed by atoms with E-state index in [0.717, 1.165) is 23.3 Å². The first-order chi connectivity index (χ1) is 18.4. The molecule has 1 aliphatic heterocycles. The smallest absolute Gasteiger partial charge is 0.291 e. The van der Waals surface area contributed by atoms with Crippen molar-refractivity contribution < 1.29 is 23.4 Å². The Balaban J connectivity index is 1.60. The van der Waals surface area contributed by atoms with Gasteiger partial charge in [-0.15, -0.1) is 0 Å². The van der Waals surface area contributed by atoms with E-state index >= 15 is 0 Å². The monoisotopic (exact) mass is 513 g/mol. The van der Waals surface area contributed by atoms with E-state index in [4.69, 9.17) is 18.6 Å². The number of amides is 1. The molecule has 1 unspecified atom stereocenters. The van der Waals surface area contributed by atoms with Crippen LogP contribution in [0.3, 0.4) is 0 Å². The van der Waals surface area contributed by atoms with E-state index in [-0.39, 0.29) is 23.6 Å². The zero-order chi connectivity index (χ0) is 26.8. The Labute approximate surface area is 221 Å². The first kappa shape index (κ1) is 25.4. The van der Waals surface area contributed by atoms with E-state index in [2.05, 4.69) is 13.8 Å². The number of para-hydroxylation sites is 1. The third-order valence-electron chi connectivity index (χ3n) is 6.84. The van der Waals surface area contributed by atoms with Gasteiger partial charge >= 0.3 is 0 Å². The summed E-state index contributed by atoms with van der Waals surface area (Å²) in [4.78, 5) is 29.2. The molecular weight excluding hydrogens is 482 g/mol. The lowest BCUT2D eigenvalue weighted by Gasteiger charge is -2.26. The fraction of sp³-hybridized carbons (Fsp3) is 0.290. The van der Waals surface area contributed by atoms with Crippen molar-refractivity contribution in [3.05, 3.63) is 99.4 Å². The van der Waals surface area contributed by atoms with Gasteiger partial charge < -0.3 is 23.5 Å². The van der Waals surface area contributed by atoms with Crippen LogP contribution in [0.5, 0.6) is 17.2 Å². The standard InChI is InChI=1S/C31H31NO6/c1-19(2)15-16-37-25-14-11-21(17-26(25)36-4)28-27-29(33)23-7-5-6-8-24(23)38-30(27)31(34)32(28)18-20-9-12-22(35-3)13-10-20/h5-14,17,19,28H,15-16,18H2,1-4H3. The summed E-state index contributed by atoms with van der Waals surface area (Å²) >= 11 is 0. The van der Waals surface area contributed by atoms with E-state index in [9.17, 15) is 9.59 Å². The number of methoxy groups -OCH3 is 2. The van der Waals surface area contributed by atoms with Gasteiger partial charge in [-0.3, -0.25) is 9.59 Å². The van der Waals surface area contributed by atoms with Gasteiger partial charge in [0.05, 0.1) is 37.8 Å². The van der Waals surface area contributed by atoms with Gasteiger partial charge in [0.1, 0.15) is 11.3 Å². The van der Waals surface area contributed by atoms with Crippen LogP contribution in [0.2, 0.25) is 0 Å². The van der Waals surface area contributed by atoms with Crippen LogP contribution in [0, 0.1) is 5.92 Å². The molecule has 0 saturated heterocycles. The number of hydrogen-bond acceptors (Lipinski definition) is 6. The highest BCUT2D eigenvalue weighted by Crippen LogP contribution is 2.41. The maximum atomic E-state index is 13.7. The highest BCUT2D eigenvalue weighted by Gasteiger charge is 2.43. The minimum absolute atomic E-state index is 0.0726. The average molecular weight is 514 g/mol. The normalized spacial score (nSPS) is 14.7. The fourth-order valence-corrected chi connectivity index (χ4v) is 4.78. The summed E-state index contributed by atoms with van der Waals surface area (Å²) in [6.45, 7) is 5.13. The Kier molecular flexibility index (Phi) is 7.09. The minimum atomic E-state index is -0.654. The van der Waals surface area contributed by atoms with Crippen molar-refractivity contribution in [2.45, 2.75) is 32.9 Å². The SMILES string of the molecule is COc1ccc(CN2C(=O)c3oc4ccccc4c(=O)c3C2c2ccc(OCCC(C)C)c(OC)c2)cc1. The van der Waals surface area contributed by atoms with Crippen LogP contribution < -0.4 is 19.6 Å². The molecule has 1 aliphatic rings. The quantitative estimate of drug-likeness (QED) is 0.274. The third-order valence-corrected chi connectivity index (χ3v) is 6.84. The van der Waals surface area contributed by atoms with Gasteiger partial charge in [0, 0.05) is 6.54 Å². The van der Waals surface area contributed by atoms with Crippen molar-refractivity contribution in [3.8, 4) is 17.2 Å². The molecule has 38 heavy (non-hydrogen) atoms. The van der Waals surface area contributed by atoms with Crippen molar-refractivity contribution >= 4 is 16.9 Å². The van der Waals surface area contributed by atoms with E-state index in [1.165, 1.54) is 0 Å². The van der Waals surface area contributed by atoms with Crippen LogP contribution in [0.4, 0.5) is 0 Å². The van der Waals surface area contributed by atoms with Crippen molar-refractivity contribution in [2.24, 2.45) is 5.92 Å². The van der Waals surface area contributed by atoms with Crippen LogP contribution in [0.25, 0.3) is 11.0 Å². The number of fused-ring (bicyclic) bond motifs is 2. The molecule has 1 atom stereocenters. The molecule has 1 amide bonds. The fourth-order valence-electron chi connectivity index (χ4n) is 4.78. The van der Waals surface area contributed by atoms with Gasteiger partial charge in [0.2, 0.25) is 5.76 Å². The molecule has 0 fully saturated rings. The predicted octanol–water partition coefficient (Wildman–Crippen LogP) is 5.98. The van der Waals surface area contributed by atoms with E-state index < -0.39 is 6.04 Å². The Hall–Kier alpha value is -4.26. The summed E-state index contributed by atoms with van der Waals surface area (Å²) in [7, 11) is 3.19. The Bertz CT molecular complexity index is 1520. The summed E-state index contributed by atoms with van der Waals surface area (Å²) in [6.07, 6.45) is 0.916. The van der Waals surface area contributed by atoms with Crippen LogP contribution in [0.15, 0.2) is 75.9 Å². The molecule has 0 saturated carbocycles. The van der Waals surface area contributed by atoms with Crippen LogP contribution in [-0.2, 0) is 6.54 Å². The molecule has 196 valence electrons. The first-order valence-electron chi connectivity index (χ1n) is 12.7. The van der Waals surface area contributed by atoms with E-state index in [1.807, 2.05) is 42.5 Å². The molecule has 5 rings (SSSR count). The van der Waals surface area contributed by atoms with Gasteiger partial charge in [-0.05, 0) is 59.9 Å². The summed E-state index contributed by atoms with van der Waals surface area (Å²) in [6, 6.07) is 19.4. The zero-order valence-corrected chi connectivity index (χ0v) is 22.0. The third kappa shape index (κ3) is 4.72. The molecule has 2 heterocycles. The van der Waals surface area contributed by atoms with Gasteiger partial charge in [0.25, 0.3) is 5.91 Å². The predicted molar refractivity (Wildman–Crippen MR) is 145 cm³/mol. The van der Waals surface area contributed by atoms with Crippen LogP contribution in [0.1, 0.15) is 53.6 Å².